The van der Waals surface area contributed by atoms with E-state index in [1.165, 1.54) is 0 Å². The van der Waals surface area contributed by atoms with Crippen LogP contribution in [0, 0.1) is 11.3 Å². The fourth-order valence-corrected chi connectivity index (χ4v) is 2.93. The molecule has 2 aliphatic rings. The van der Waals surface area contributed by atoms with Crippen molar-refractivity contribution >= 4 is 11.9 Å². The van der Waals surface area contributed by atoms with E-state index in [1.54, 1.807) is 6.92 Å². The zero-order valence-electron chi connectivity index (χ0n) is 12.1. The summed E-state index contributed by atoms with van der Waals surface area (Å²) < 4.78 is 5.00. The molecule has 1 N–H and O–H groups in total. The number of hydrogen-bond acceptors (Lipinski definition) is 3. The average molecular weight is 277 g/mol. The van der Waals surface area contributed by atoms with Gasteiger partial charge in [0.25, 0.3) is 0 Å². The molecule has 0 heterocycles. The van der Waals surface area contributed by atoms with Crippen molar-refractivity contribution in [2.24, 2.45) is 11.3 Å². The van der Waals surface area contributed by atoms with Gasteiger partial charge in [0.05, 0.1) is 12.0 Å². The number of carbonyl (C=O) groups is 2. The van der Waals surface area contributed by atoms with Crippen LogP contribution >= 0.6 is 0 Å². The third-order valence-electron chi connectivity index (χ3n) is 4.17. The second-order valence-electron chi connectivity index (χ2n) is 5.90. The van der Waals surface area contributed by atoms with Crippen molar-refractivity contribution in [2.75, 3.05) is 13.2 Å². The minimum atomic E-state index is -0.346. The van der Waals surface area contributed by atoms with Crippen molar-refractivity contribution in [3.8, 4) is 0 Å². The first-order valence-electron chi connectivity index (χ1n) is 7.34. The number of nitrogens with one attached hydrogen (secondary N) is 1. The average Bonchev–Trinajstić information content (AvgIpc) is 3.03. The maximum atomic E-state index is 12.2. The first-order valence-corrected chi connectivity index (χ1v) is 7.34. The number of carbonyl (C=O) groups excluding carboxylic acids is 2. The highest BCUT2D eigenvalue weighted by molar-refractivity contribution is 5.87. The first kappa shape index (κ1) is 14.8. The highest BCUT2D eigenvalue weighted by Gasteiger charge is 2.46. The van der Waals surface area contributed by atoms with Crippen LogP contribution in [0.25, 0.3) is 0 Å². The summed E-state index contributed by atoms with van der Waals surface area (Å²) in [5.41, 5.74) is 0.193. The Labute approximate surface area is 120 Å². The molecular weight excluding hydrogens is 254 g/mol. The van der Waals surface area contributed by atoms with E-state index in [-0.39, 0.29) is 17.3 Å². The Morgan fingerprint density at radius 1 is 1.45 bits per heavy atom. The van der Waals surface area contributed by atoms with Gasteiger partial charge in [0.1, 0.15) is 0 Å². The van der Waals surface area contributed by atoms with Crippen molar-refractivity contribution in [3.05, 3.63) is 24.3 Å². The lowest BCUT2D eigenvalue weighted by Gasteiger charge is -2.22. The lowest BCUT2D eigenvalue weighted by atomic mass is 9.87. The third-order valence-corrected chi connectivity index (χ3v) is 4.17. The van der Waals surface area contributed by atoms with Crippen LogP contribution < -0.4 is 5.32 Å². The van der Waals surface area contributed by atoms with Gasteiger partial charge in [0.15, 0.2) is 0 Å². The number of hydrogen-bond donors (Lipinski definition) is 1. The fourth-order valence-electron chi connectivity index (χ4n) is 2.93. The minimum Gasteiger partial charge on any atom is -0.462 e. The maximum absolute atomic E-state index is 12.2. The second-order valence-corrected chi connectivity index (χ2v) is 5.90. The number of amides is 1. The van der Waals surface area contributed by atoms with Crippen molar-refractivity contribution in [2.45, 2.75) is 39.0 Å². The Morgan fingerprint density at radius 2 is 2.25 bits per heavy atom. The lowest BCUT2D eigenvalue weighted by Crippen LogP contribution is -2.37. The Kier molecular flexibility index (Phi) is 4.63. The molecule has 1 saturated carbocycles. The predicted molar refractivity (Wildman–Crippen MR) is 76.9 cm³/mol. The van der Waals surface area contributed by atoms with Gasteiger partial charge >= 0.3 is 5.97 Å². The maximum Gasteiger partial charge on any atom is 0.333 e. The molecule has 20 heavy (non-hydrogen) atoms. The van der Waals surface area contributed by atoms with Gasteiger partial charge in [-0.25, -0.2) is 4.79 Å². The molecule has 0 saturated heterocycles. The van der Waals surface area contributed by atoms with Gasteiger partial charge in [-0.3, -0.25) is 4.79 Å². The van der Waals surface area contributed by atoms with E-state index < -0.39 is 0 Å². The summed E-state index contributed by atoms with van der Waals surface area (Å²) >= 11 is 0. The van der Waals surface area contributed by atoms with Gasteiger partial charge in [0.2, 0.25) is 5.91 Å². The van der Waals surface area contributed by atoms with Crippen LogP contribution in [0.4, 0.5) is 0 Å². The molecule has 4 heteroatoms. The number of ether oxygens (including phenoxy) is 1. The van der Waals surface area contributed by atoms with Crippen LogP contribution in [0.15, 0.2) is 24.3 Å². The lowest BCUT2D eigenvalue weighted by molar-refractivity contribution is -0.139. The molecule has 1 amide bonds. The summed E-state index contributed by atoms with van der Waals surface area (Å²) in [5, 5.41) is 3.01. The Bertz CT molecular complexity index is 441. The molecule has 0 aliphatic heterocycles. The number of allylic oxidation sites excluding steroid dienone is 1. The molecule has 2 unspecified atom stereocenters. The van der Waals surface area contributed by atoms with Gasteiger partial charge in [-0.15, -0.1) is 0 Å². The molecule has 0 radical (unpaired) electrons. The summed E-state index contributed by atoms with van der Waals surface area (Å²) in [5.74, 6) is 0.427. The Balaban J connectivity index is 1.58. The molecule has 2 aliphatic carbocycles. The van der Waals surface area contributed by atoms with Crippen LogP contribution in [0.5, 0.6) is 0 Å². The molecule has 1 fully saturated rings. The molecule has 0 spiro atoms. The molecular formula is C16H23NO3. The Morgan fingerprint density at radius 3 is 2.80 bits per heavy atom. The zero-order chi connectivity index (χ0) is 14.6. The third kappa shape index (κ3) is 3.30. The normalized spacial score (nSPS) is 26.6. The topological polar surface area (TPSA) is 55.4 Å². The summed E-state index contributed by atoms with van der Waals surface area (Å²) in [6.07, 6.45) is 8.94. The van der Waals surface area contributed by atoms with Gasteiger partial charge in [-0.1, -0.05) is 18.7 Å². The summed E-state index contributed by atoms with van der Waals surface area (Å²) in [6, 6.07) is 0. The van der Waals surface area contributed by atoms with E-state index in [4.69, 9.17) is 4.74 Å². The van der Waals surface area contributed by atoms with Crippen LogP contribution in [0.1, 0.15) is 39.0 Å². The second kappa shape index (κ2) is 6.25. The summed E-state index contributed by atoms with van der Waals surface area (Å²) in [6.45, 7) is 6.18. The molecule has 2 rings (SSSR count). The van der Waals surface area contributed by atoms with Crippen molar-refractivity contribution < 1.29 is 14.3 Å². The van der Waals surface area contributed by atoms with Gasteiger partial charge in [0, 0.05) is 12.1 Å². The summed E-state index contributed by atoms with van der Waals surface area (Å²) in [7, 11) is 0. The van der Waals surface area contributed by atoms with Crippen LogP contribution in [0.3, 0.4) is 0 Å². The summed E-state index contributed by atoms with van der Waals surface area (Å²) in [4.78, 5) is 23.3. The van der Waals surface area contributed by atoms with Crippen LogP contribution in [-0.2, 0) is 14.3 Å². The largest absolute Gasteiger partial charge is 0.462 e. The van der Waals surface area contributed by atoms with Crippen molar-refractivity contribution in [1.82, 2.24) is 5.32 Å². The van der Waals surface area contributed by atoms with Crippen LogP contribution in [0.2, 0.25) is 0 Å². The molecule has 2 bridgehead atoms. The van der Waals surface area contributed by atoms with Gasteiger partial charge in [-0.05, 0) is 44.9 Å². The predicted octanol–water partition coefficient (Wildman–Crippen LogP) is 2.36. The SMILES string of the molecule is C=C(C)C(=O)OCCCCNC(=O)C12C=CC(CC1)C2. The number of rotatable bonds is 7. The fraction of sp³-hybridized carbons (Fsp3) is 0.625. The van der Waals surface area contributed by atoms with E-state index in [9.17, 15) is 9.59 Å². The molecule has 2 atom stereocenters. The first-order chi connectivity index (χ1) is 9.53. The highest BCUT2D eigenvalue weighted by atomic mass is 16.5. The van der Waals surface area contributed by atoms with E-state index in [0.717, 1.165) is 32.1 Å². The highest BCUT2D eigenvalue weighted by Crippen LogP contribution is 2.49. The zero-order valence-corrected chi connectivity index (χ0v) is 12.1. The van der Waals surface area contributed by atoms with Gasteiger partial charge in [-0.2, -0.15) is 0 Å². The molecule has 0 aromatic carbocycles. The number of esters is 1. The van der Waals surface area contributed by atoms with Crippen molar-refractivity contribution in [3.63, 3.8) is 0 Å². The van der Waals surface area contributed by atoms with Crippen molar-refractivity contribution in [1.29, 1.82) is 0 Å². The standard InChI is InChI=1S/C16H23NO3/c1-12(2)14(18)20-10-4-3-9-17-15(19)16-7-5-13(11-16)6-8-16/h5,7,13H,1,3-4,6,8-11H2,2H3,(H,17,19). The number of unbranched alkanes of at least 4 members (excludes halogenated alkanes) is 1. The van der Waals surface area contributed by atoms with E-state index >= 15 is 0 Å². The smallest absolute Gasteiger partial charge is 0.333 e. The monoisotopic (exact) mass is 277 g/mol. The van der Waals surface area contributed by atoms with Crippen LogP contribution in [-0.4, -0.2) is 25.0 Å². The molecule has 0 aromatic rings. The molecule has 0 aromatic heterocycles. The number of fused-ring (bicyclic) bond motifs is 2. The Hall–Kier alpha value is -1.58. The van der Waals surface area contributed by atoms with E-state index in [2.05, 4.69) is 24.0 Å². The minimum absolute atomic E-state index is 0.160. The molecule has 4 nitrogen and oxygen atoms in total. The van der Waals surface area contributed by atoms with Gasteiger partial charge < -0.3 is 10.1 Å². The molecule has 110 valence electrons. The van der Waals surface area contributed by atoms with E-state index in [0.29, 0.717) is 24.6 Å². The van der Waals surface area contributed by atoms with E-state index in [1.807, 2.05) is 0 Å². The quantitative estimate of drug-likeness (QED) is 0.336.